The maximum atomic E-state index is 12.3. The largest absolute Gasteiger partial charge is 0.478 e. The molecule has 2 N–H and O–H groups in total. The molecule has 0 aromatic heterocycles. The Morgan fingerprint density at radius 3 is 2.24 bits per heavy atom. The SMILES string of the molecule is O=C(O)c1ccc(C(=O)N2CCC(OCCO)CC2)cc1. The Kier molecular flexibility index (Phi) is 5.30. The Morgan fingerprint density at radius 1 is 1.14 bits per heavy atom. The lowest BCUT2D eigenvalue weighted by molar-refractivity contribution is -0.00554. The van der Waals surface area contributed by atoms with Crippen molar-refractivity contribution in [2.45, 2.75) is 18.9 Å². The number of carboxylic acid groups (broad SMARTS) is 1. The van der Waals surface area contributed by atoms with Crippen molar-refractivity contribution in [2.75, 3.05) is 26.3 Å². The predicted octanol–water partition coefficient (Wildman–Crippen LogP) is 0.998. The molecule has 0 aliphatic carbocycles. The van der Waals surface area contributed by atoms with Crippen LogP contribution in [-0.2, 0) is 4.74 Å². The minimum atomic E-state index is -1.00. The normalized spacial score (nSPS) is 16.0. The molecule has 1 aromatic carbocycles. The summed E-state index contributed by atoms with van der Waals surface area (Å²) in [7, 11) is 0. The number of carbonyl (C=O) groups is 2. The average Bonchev–Trinajstić information content (AvgIpc) is 2.53. The minimum Gasteiger partial charge on any atom is -0.478 e. The van der Waals surface area contributed by atoms with Crippen LogP contribution >= 0.6 is 0 Å². The van der Waals surface area contributed by atoms with E-state index in [1.54, 1.807) is 17.0 Å². The van der Waals surface area contributed by atoms with Crippen molar-refractivity contribution < 1.29 is 24.5 Å². The van der Waals surface area contributed by atoms with E-state index in [0.717, 1.165) is 12.8 Å². The zero-order valence-electron chi connectivity index (χ0n) is 11.7. The maximum absolute atomic E-state index is 12.3. The van der Waals surface area contributed by atoms with Crippen molar-refractivity contribution in [3.63, 3.8) is 0 Å². The Morgan fingerprint density at radius 2 is 1.71 bits per heavy atom. The van der Waals surface area contributed by atoms with Crippen LogP contribution in [0.25, 0.3) is 0 Å². The van der Waals surface area contributed by atoms with Gasteiger partial charge < -0.3 is 19.8 Å². The number of ether oxygens (including phenoxy) is 1. The van der Waals surface area contributed by atoms with Crippen LogP contribution in [0.2, 0.25) is 0 Å². The molecule has 1 amide bonds. The van der Waals surface area contributed by atoms with Gasteiger partial charge in [-0.05, 0) is 37.1 Å². The third-order valence-corrected chi connectivity index (χ3v) is 3.55. The highest BCUT2D eigenvalue weighted by atomic mass is 16.5. The second-order valence-electron chi connectivity index (χ2n) is 4.97. The van der Waals surface area contributed by atoms with Gasteiger partial charge in [-0.25, -0.2) is 4.79 Å². The van der Waals surface area contributed by atoms with Crippen molar-refractivity contribution in [2.24, 2.45) is 0 Å². The fourth-order valence-electron chi connectivity index (χ4n) is 2.38. The monoisotopic (exact) mass is 293 g/mol. The molecule has 0 spiro atoms. The molecule has 1 fully saturated rings. The van der Waals surface area contributed by atoms with Crippen LogP contribution in [0.3, 0.4) is 0 Å². The summed E-state index contributed by atoms with van der Waals surface area (Å²) in [5.41, 5.74) is 0.664. The topological polar surface area (TPSA) is 87.1 Å². The molecule has 0 atom stereocenters. The summed E-state index contributed by atoms with van der Waals surface area (Å²) < 4.78 is 5.45. The Hall–Kier alpha value is -1.92. The van der Waals surface area contributed by atoms with E-state index in [-0.39, 0.29) is 24.2 Å². The number of carbonyl (C=O) groups excluding carboxylic acids is 1. The molecule has 1 aliphatic heterocycles. The first-order valence-electron chi connectivity index (χ1n) is 6.97. The van der Waals surface area contributed by atoms with Gasteiger partial charge in [0.1, 0.15) is 0 Å². The highest BCUT2D eigenvalue weighted by molar-refractivity contribution is 5.95. The van der Waals surface area contributed by atoms with Crippen molar-refractivity contribution in [3.05, 3.63) is 35.4 Å². The Balaban J connectivity index is 1.91. The molecule has 114 valence electrons. The highest BCUT2D eigenvalue weighted by Gasteiger charge is 2.24. The number of nitrogens with zero attached hydrogens (tertiary/aromatic N) is 1. The van der Waals surface area contributed by atoms with Crippen LogP contribution in [0.4, 0.5) is 0 Å². The van der Waals surface area contributed by atoms with Gasteiger partial charge in [-0.1, -0.05) is 0 Å². The van der Waals surface area contributed by atoms with E-state index in [4.69, 9.17) is 14.9 Å². The summed E-state index contributed by atoms with van der Waals surface area (Å²) in [6.45, 7) is 1.55. The molecule has 1 saturated heterocycles. The molecule has 0 saturated carbocycles. The van der Waals surface area contributed by atoms with Gasteiger partial charge in [0.25, 0.3) is 5.91 Å². The van der Waals surface area contributed by atoms with Crippen molar-refractivity contribution in [1.82, 2.24) is 4.90 Å². The van der Waals surface area contributed by atoms with Gasteiger partial charge in [-0.2, -0.15) is 0 Å². The van der Waals surface area contributed by atoms with Gasteiger partial charge in [-0.15, -0.1) is 0 Å². The number of aliphatic hydroxyl groups excluding tert-OH is 1. The second kappa shape index (κ2) is 7.19. The number of hydrogen-bond acceptors (Lipinski definition) is 4. The van der Waals surface area contributed by atoms with Gasteiger partial charge in [0, 0.05) is 18.7 Å². The zero-order valence-corrected chi connectivity index (χ0v) is 11.7. The first-order valence-corrected chi connectivity index (χ1v) is 6.97. The third-order valence-electron chi connectivity index (χ3n) is 3.55. The molecule has 1 aliphatic rings. The van der Waals surface area contributed by atoms with Gasteiger partial charge >= 0.3 is 5.97 Å². The number of amides is 1. The number of aromatic carboxylic acids is 1. The van der Waals surface area contributed by atoms with E-state index in [2.05, 4.69) is 0 Å². The minimum absolute atomic E-state index is 0.00900. The fraction of sp³-hybridized carbons (Fsp3) is 0.467. The Bertz CT molecular complexity index is 491. The van der Waals surface area contributed by atoms with Gasteiger partial charge in [0.15, 0.2) is 0 Å². The van der Waals surface area contributed by atoms with Gasteiger partial charge in [-0.3, -0.25) is 4.79 Å². The van der Waals surface area contributed by atoms with E-state index in [1.807, 2.05) is 0 Å². The molecule has 0 unspecified atom stereocenters. The van der Waals surface area contributed by atoms with Crippen molar-refractivity contribution >= 4 is 11.9 Å². The molecule has 2 rings (SSSR count). The van der Waals surface area contributed by atoms with Gasteiger partial charge in [0.2, 0.25) is 0 Å². The standard InChI is InChI=1S/C15H19NO5/c17-9-10-21-13-5-7-16(8-6-13)14(18)11-1-3-12(4-2-11)15(19)20/h1-4,13,17H,5-10H2,(H,19,20). The van der Waals surface area contributed by atoms with E-state index < -0.39 is 5.97 Å². The van der Waals surface area contributed by atoms with Crippen LogP contribution in [0.15, 0.2) is 24.3 Å². The summed E-state index contributed by atoms with van der Waals surface area (Å²) in [5, 5.41) is 17.6. The quantitative estimate of drug-likeness (QED) is 0.845. The number of hydrogen-bond donors (Lipinski definition) is 2. The zero-order chi connectivity index (χ0) is 15.2. The molecule has 6 heteroatoms. The summed E-state index contributed by atoms with van der Waals surface area (Å²) in [5.74, 6) is -1.09. The van der Waals surface area contributed by atoms with E-state index >= 15 is 0 Å². The Labute approximate surface area is 122 Å². The lowest BCUT2D eigenvalue weighted by Crippen LogP contribution is -2.41. The predicted molar refractivity (Wildman–Crippen MR) is 75.4 cm³/mol. The highest BCUT2D eigenvalue weighted by Crippen LogP contribution is 2.16. The molecule has 21 heavy (non-hydrogen) atoms. The molecule has 1 aromatic rings. The number of aliphatic hydroxyl groups is 1. The van der Waals surface area contributed by atoms with Crippen LogP contribution in [0.1, 0.15) is 33.6 Å². The number of likely N-dealkylation sites (tertiary alicyclic amines) is 1. The summed E-state index contributed by atoms with van der Waals surface area (Å²) in [4.78, 5) is 24.8. The first kappa shape index (κ1) is 15.5. The summed E-state index contributed by atoms with van der Waals surface area (Å²) in [6, 6.07) is 5.96. The van der Waals surface area contributed by atoms with Crippen molar-refractivity contribution in [1.29, 1.82) is 0 Å². The van der Waals surface area contributed by atoms with Crippen molar-refractivity contribution in [3.8, 4) is 0 Å². The number of benzene rings is 1. The number of piperidine rings is 1. The van der Waals surface area contributed by atoms with Gasteiger partial charge in [0.05, 0.1) is 24.9 Å². The van der Waals surface area contributed by atoms with Crippen LogP contribution < -0.4 is 0 Å². The maximum Gasteiger partial charge on any atom is 0.335 e. The summed E-state index contributed by atoms with van der Waals surface area (Å²) >= 11 is 0. The van der Waals surface area contributed by atoms with Crippen LogP contribution in [0, 0.1) is 0 Å². The average molecular weight is 293 g/mol. The van der Waals surface area contributed by atoms with Crippen LogP contribution in [0.5, 0.6) is 0 Å². The summed E-state index contributed by atoms with van der Waals surface area (Å²) in [6.07, 6.45) is 1.59. The number of carboxylic acids is 1. The molecule has 1 heterocycles. The number of rotatable bonds is 5. The van der Waals surface area contributed by atoms with E-state index in [9.17, 15) is 9.59 Å². The molecule has 0 bridgehead atoms. The smallest absolute Gasteiger partial charge is 0.335 e. The van der Waals surface area contributed by atoms with E-state index in [1.165, 1.54) is 12.1 Å². The molecular weight excluding hydrogens is 274 g/mol. The fourth-order valence-corrected chi connectivity index (χ4v) is 2.38. The lowest BCUT2D eigenvalue weighted by atomic mass is 10.1. The molecule has 0 radical (unpaired) electrons. The molecular formula is C15H19NO5. The molecule has 6 nitrogen and oxygen atoms in total. The second-order valence-corrected chi connectivity index (χ2v) is 4.97. The lowest BCUT2D eigenvalue weighted by Gasteiger charge is -2.32. The van der Waals surface area contributed by atoms with Crippen LogP contribution in [-0.4, -0.2) is 59.4 Å². The van der Waals surface area contributed by atoms with E-state index in [0.29, 0.717) is 25.3 Å². The first-order chi connectivity index (χ1) is 10.1. The third kappa shape index (κ3) is 4.03.